The summed E-state index contributed by atoms with van der Waals surface area (Å²) in [5, 5.41) is 0.826. The van der Waals surface area contributed by atoms with Crippen molar-refractivity contribution < 1.29 is 4.74 Å². The Morgan fingerprint density at radius 2 is 2.10 bits per heavy atom. The van der Waals surface area contributed by atoms with Crippen LogP contribution in [0.25, 0.3) is 0 Å². The van der Waals surface area contributed by atoms with Crippen molar-refractivity contribution in [2.45, 2.75) is 24.5 Å². The Balaban J connectivity index is 2.01. The van der Waals surface area contributed by atoms with Gasteiger partial charge in [0.15, 0.2) is 0 Å². The van der Waals surface area contributed by atoms with Crippen molar-refractivity contribution in [2.75, 3.05) is 19.0 Å². The standard InChI is InChI=1S/C8H14OS/c1-2-8-6-9-5-7(1)3-4-10-8/h7-8H,1-6H2. The molecule has 2 fully saturated rings. The van der Waals surface area contributed by atoms with Crippen LogP contribution in [-0.2, 0) is 4.74 Å². The van der Waals surface area contributed by atoms with Crippen molar-refractivity contribution in [1.29, 1.82) is 0 Å². The summed E-state index contributed by atoms with van der Waals surface area (Å²) in [7, 11) is 0. The number of hydrogen-bond acceptors (Lipinski definition) is 2. The molecule has 2 rings (SSSR count). The molecule has 0 saturated carbocycles. The molecule has 0 aromatic heterocycles. The molecule has 1 nitrogen and oxygen atoms in total. The Morgan fingerprint density at radius 3 is 3.10 bits per heavy atom. The van der Waals surface area contributed by atoms with E-state index < -0.39 is 0 Å². The summed E-state index contributed by atoms with van der Waals surface area (Å²) in [6, 6.07) is 0. The molecule has 0 spiro atoms. The summed E-state index contributed by atoms with van der Waals surface area (Å²) in [6.07, 6.45) is 4.20. The second-order valence-corrected chi connectivity index (χ2v) is 4.67. The third-order valence-corrected chi connectivity index (χ3v) is 3.75. The van der Waals surface area contributed by atoms with E-state index in [0.717, 1.165) is 24.4 Å². The zero-order chi connectivity index (χ0) is 6.81. The number of fused-ring (bicyclic) bond motifs is 3. The number of rotatable bonds is 0. The van der Waals surface area contributed by atoms with Crippen LogP contribution >= 0.6 is 11.8 Å². The van der Waals surface area contributed by atoms with Gasteiger partial charge in [0, 0.05) is 11.9 Å². The Bertz CT molecular complexity index is 93.8. The minimum atomic E-state index is 0.826. The van der Waals surface area contributed by atoms with Crippen molar-refractivity contribution in [3.8, 4) is 0 Å². The molecule has 2 aliphatic heterocycles. The summed E-state index contributed by atoms with van der Waals surface area (Å²) in [5.41, 5.74) is 0. The first-order chi connectivity index (χ1) is 4.95. The van der Waals surface area contributed by atoms with Crippen LogP contribution in [0.4, 0.5) is 0 Å². The smallest absolute Gasteiger partial charge is 0.0585 e. The summed E-state index contributed by atoms with van der Waals surface area (Å²) in [4.78, 5) is 0. The fourth-order valence-corrected chi connectivity index (χ4v) is 3.01. The van der Waals surface area contributed by atoms with Crippen LogP contribution in [0.1, 0.15) is 19.3 Å². The third kappa shape index (κ3) is 1.48. The summed E-state index contributed by atoms with van der Waals surface area (Å²) in [5.74, 6) is 2.26. The fraction of sp³-hybridized carbons (Fsp3) is 1.00. The van der Waals surface area contributed by atoms with Crippen molar-refractivity contribution in [1.82, 2.24) is 0 Å². The van der Waals surface area contributed by atoms with E-state index in [1.165, 1.54) is 25.0 Å². The largest absolute Gasteiger partial charge is 0.380 e. The quantitative estimate of drug-likeness (QED) is 0.532. The minimum absolute atomic E-state index is 0.826. The van der Waals surface area contributed by atoms with Gasteiger partial charge in [0.1, 0.15) is 0 Å². The zero-order valence-electron chi connectivity index (χ0n) is 6.21. The Hall–Kier alpha value is 0.310. The lowest BCUT2D eigenvalue weighted by Gasteiger charge is -2.15. The molecular formula is C8H14OS. The van der Waals surface area contributed by atoms with Gasteiger partial charge in [-0.25, -0.2) is 0 Å². The predicted octanol–water partition coefficient (Wildman–Crippen LogP) is 1.92. The van der Waals surface area contributed by atoms with E-state index in [-0.39, 0.29) is 0 Å². The maximum Gasteiger partial charge on any atom is 0.0585 e. The van der Waals surface area contributed by atoms with E-state index in [4.69, 9.17) is 4.74 Å². The van der Waals surface area contributed by atoms with E-state index in [1.54, 1.807) is 0 Å². The molecular weight excluding hydrogens is 144 g/mol. The summed E-state index contributed by atoms with van der Waals surface area (Å²) < 4.78 is 5.54. The molecule has 0 N–H and O–H groups in total. The fourth-order valence-electron chi connectivity index (χ4n) is 1.71. The molecule has 2 heteroatoms. The molecule has 2 heterocycles. The van der Waals surface area contributed by atoms with Gasteiger partial charge in [-0.15, -0.1) is 0 Å². The van der Waals surface area contributed by atoms with Crippen LogP contribution in [0.5, 0.6) is 0 Å². The molecule has 2 aliphatic rings. The van der Waals surface area contributed by atoms with Crippen LogP contribution in [0, 0.1) is 5.92 Å². The van der Waals surface area contributed by atoms with Crippen LogP contribution < -0.4 is 0 Å². The van der Waals surface area contributed by atoms with Gasteiger partial charge in [0.25, 0.3) is 0 Å². The van der Waals surface area contributed by atoms with Gasteiger partial charge in [-0.2, -0.15) is 11.8 Å². The number of hydrogen-bond donors (Lipinski definition) is 0. The number of thioether (sulfide) groups is 1. The highest BCUT2D eigenvalue weighted by atomic mass is 32.2. The first-order valence-electron chi connectivity index (χ1n) is 4.14. The van der Waals surface area contributed by atoms with Crippen molar-refractivity contribution in [3.63, 3.8) is 0 Å². The molecule has 2 atom stereocenters. The van der Waals surface area contributed by atoms with Gasteiger partial charge in [0.05, 0.1) is 6.61 Å². The van der Waals surface area contributed by atoms with Gasteiger partial charge >= 0.3 is 0 Å². The highest BCUT2D eigenvalue weighted by Gasteiger charge is 2.23. The van der Waals surface area contributed by atoms with E-state index in [0.29, 0.717) is 0 Å². The molecule has 10 heavy (non-hydrogen) atoms. The van der Waals surface area contributed by atoms with Crippen LogP contribution in [0.15, 0.2) is 0 Å². The highest BCUT2D eigenvalue weighted by Crippen LogP contribution is 2.31. The zero-order valence-corrected chi connectivity index (χ0v) is 7.03. The summed E-state index contributed by atoms with van der Waals surface area (Å²) >= 11 is 2.11. The van der Waals surface area contributed by atoms with Gasteiger partial charge in [-0.1, -0.05) is 0 Å². The molecule has 0 radical (unpaired) electrons. The molecule has 58 valence electrons. The Morgan fingerprint density at radius 1 is 1.10 bits per heavy atom. The van der Waals surface area contributed by atoms with Crippen LogP contribution in [-0.4, -0.2) is 24.2 Å². The molecule has 0 amide bonds. The van der Waals surface area contributed by atoms with E-state index in [9.17, 15) is 0 Å². The van der Waals surface area contributed by atoms with E-state index in [1.807, 2.05) is 0 Å². The lowest BCUT2D eigenvalue weighted by molar-refractivity contribution is 0.114. The predicted molar refractivity (Wildman–Crippen MR) is 44.4 cm³/mol. The van der Waals surface area contributed by atoms with Gasteiger partial charge in [-0.05, 0) is 30.9 Å². The molecule has 2 saturated heterocycles. The molecule has 0 aromatic rings. The van der Waals surface area contributed by atoms with Gasteiger partial charge in [0.2, 0.25) is 0 Å². The lowest BCUT2D eigenvalue weighted by atomic mass is 10.0. The minimum Gasteiger partial charge on any atom is -0.380 e. The Labute approximate surface area is 66.5 Å². The van der Waals surface area contributed by atoms with Crippen molar-refractivity contribution in [2.24, 2.45) is 5.92 Å². The van der Waals surface area contributed by atoms with E-state index >= 15 is 0 Å². The van der Waals surface area contributed by atoms with Gasteiger partial charge < -0.3 is 4.74 Å². The first-order valence-corrected chi connectivity index (χ1v) is 5.19. The molecule has 0 aliphatic carbocycles. The normalized spacial score (nSPS) is 40.8. The lowest BCUT2D eigenvalue weighted by Crippen LogP contribution is -2.13. The SMILES string of the molecule is C1CC2CCC(COC2)S1. The Kier molecular flexibility index (Phi) is 2.19. The van der Waals surface area contributed by atoms with Crippen LogP contribution in [0.3, 0.4) is 0 Å². The van der Waals surface area contributed by atoms with Gasteiger partial charge in [-0.3, -0.25) is 0 Å². The first kappa shape index (κ1) is 6.99. The maximum absolute atomic E-state index is 5.54. The van der Waals surface area contributed by atoms with Crippen LogP contribution in [0.2, 0.25) is 0 Å². The van der Waals surface area contributed by atoms with E-state index in [2.05, 4.69) is 11.8 Å². The number of ether oxygens (including phenoxy) is 1. The third-order valence-electron chi connectivity index (χ3n) is 2.43. The maximum atomic E-state index is 5.54. The highest BCUT2D eigenvalue weighted by molar-refractivity contribution is 7.99. The van der Waals surface area contributed by atoms with Crippen molar-refractivity contribution in [3.05, 3.63) is 0 Å². The average Bonchev–Trinajstić information content (AvgIpc) is 2.17. The molecule has 2 bridgehead atoms. The average molecular weight is 158 g/mol. The molecule has 0 aromatic carbocycles. The molecule has 2 unspecified atom stereocenters. The topological polar surface area (TPSA) is 9.23 Å². The summed E-state index contributed by atoms with van der Waals surface area (Å²) in [6.45, 7) is 2.05. The van der Waals surface area contributed by atoms with Crippen molar-refractivity contribution >= 4 is 11.8 Å². The monoisotopic (exact) mass is 158 g/mol. The second kappa shape index (κ2) is 3.14. The second-order valence-electron chi connectivity index (χ2n) is 3.26.